The molecule has 0 aliphatic heterocycles. The third-order valence-corrected chi connectivity index (χ3v) is 3.63. The van der Waals surface area contributed by atoms with E-state index in [4.69, 9.17) is 0 Å². The molecule has 4 N–H and O–H groups in total. The van der Waals surface area contributed by atoms with Crippen LogP contribution < -0.4 is 16.2 Å². The number of carbonyl (C=O) groups is 3. The van der Waals surface area contributed by atoms with Gasteiger partial charge in [0.2, 0.25) is 11.8 Å². The monoisotopic (exact) mass is 392 g/mol. The van der Waals surface area contributed by atoms with E-state index in [9.17, 15) is 14.4 Å². The van der Waals surface area contributed by atoms with E-state index in [0.717, 1.165) is 10.0 Å². The van der Waals surface area contributed by atoms with Crippen molar-refractivity contribution in [3.05, 3.63) is 58.3 Å². The average molecular weight is 393 g/mol. The maximum atomic E-state index is 12.1. The first-order valence-corrected chi connectivity index (χ1v) is 8.00. The van der Waals surface area contributed by atoms with Crippen molar-refractivity contribution < 1.29 is 14.4 Å². The van der Waals surface area contributed by atoms with Crippen molar-refractivity contribution in [1.82, 2.24) is 21.2 Å². The van der Waals surface area contributed by atoms with Crippen molar-refractivity contribution in [3.8, 4) is 0 Å². The number of hydrogen-bond acceptors (Lipinski definition) is 3. The summed E-state index contributed by atoms with van der Waals surface area (Å²) in [5.41, 5.74) is 5.77. The number of halogens is 1. The Morgan fingerprint density at radius 2 is 1.88 bits per heavy atom. The van der Waals surface area contributed by atoms with Gasteiger partial charge in [0.25, 0.3) is 5.91 Å². The summed E-state index contributed by atoms with van der Waals surface area (Å²) in [5.74, 6) is -1.13. The minimum absolute atomic E-state index is 0.00169. The van der Waals surface area contributed by atoms with Gasteiger partial charge in [-0.1, -0.05) is 30.3 Å². The molecule has 3 amide bonds. The molecule has 8 heteroatoms. The van der Waals surface area contributed by atoms with Gasteiger partial charge in [0.05, 0.1) is 12.5 Å². The Kier molecular flexibility index (Phi) is 6.14. The molecule has 0 radical (unpaired) electrons. The molecule has 1 aromatic carbocycles. The fourth-order valence-corrected chi connectivity index (χ4v) is 2.46. The van der Waals surface area contributed by atoms with Crippen LogP contribution in [0.5, 0.6) is 0 Å². The molecular formula is C16H17BrN4O3. The molecule has 0 aliphatic carbocycles. The van der Waals surface area contributed by atoms with Crippen LogP contribution in [0.1, 0.15) is 35.4 Å². The smallest absolute Gasteiger partial charge is 0.286 e. The van der Waals surface area contributed by atoms with E-state index in [0.29, 0.717) is 5.69 Å². The summed E-state index contributed by atoms with van der Waals surface area (Å²) in [6, 6.07) is 10.3. The number of amides is 3. The van der Waals surface area contributed by atoms with Crippen LogP contribution in [0, 0.1) is 0 Å². The largest absolute Gasteiger partial charge is 0.356 e. The molecule has 0 bridgehead atoms. The number of nitrogens with one attached hydrogen (secondary N) is 4. The van der Waals surface area contributed by atoms with E-state index in [2.05, 4.69) is 37.1 Å². The molecule has 2 aromatic rings. The van der Waals surface area contributed by atoms with Crippen molar-refractivity contribution in [2.24, 2.45) is 0 Å². The predicted octanol–water partition coefficient (Wildman–Crippen LogP) is 1.81. The highest BCUT2D eigenvalue weighted by Gasteiger charge is 2.17. The minimum atomic E-state index is -0.472. The summed E-state index contributed by atoms with van der Waals surface area (Å²) in [5, 5.41) is 2.72. The van der Waals surface area contributed by atoms with Gasteiger partial charge < -0.3 is 10.3 Å². The molecule has 0 aliphatic rings. The first kappa shape index (κ1) is 17.7. The highest BCUT2D eigenvalue weighted by Crippen LogP contribution is 2.16. The van der Waals surface area contributed by atoms with E-state index in [1.54, 1.807) is 12.3 Å². The molecular weight excluding hydrogens is 376 g/mol. The molecule has 1 atom stereocenters. The molecule has 1 heterocycles. The number of carbonyl (C=O) groups excluding carboxylic acids is 3. The molecule has 1 aromatic heterocycles. The fourth-order valence-electron chi connectivity index (χ4n) is 2.11. The number of rotatable bonds is 5. The molecule has 0 spiro atoms. The van der Waals surface area contributed by atoms with Crippen LogP contribution in [0.15, 0.2) is 47.1 Å². The Labute approximate surface area is 147 Å². The number of aromatic amines is 1. The Hall–Kier alpha value is -2.61. The lowest BCUT2D eigenvalue weighted by Crippen LogP contribution is -2.43. The molecule has 2 rings (SSSR count). The Morgan fingerprint density at radius 3 is 2.46 bits per heavy atom. The number of H-pyrrole nitrogens is 1. The van der Waals surface area contributed by atoms with Gasteiger partial charge in [-0.25, -0.2) is 0 Å². The molecule has 7 nitrogen and oxygen atoms in total. The van der Waals surface area contributed by atoms with Crippen molar-refractivity contribution in [2.45, 2.75) is 19.4 Å². The third-order valence-electron chi connectivity index (χ3n) is 3.18. The van der Waals surface area contributed by atoms with E-state index >= 15 is 0 Å². The highest BCUT2D eigenvalue weighted by molar-refractivity contribution is 9.10. The van der Waals surface area contributed by atoms with Crippen LogP contribution in [-0.2, 0) is 9.59 Å². The lowest BCUT2D eigenvalue weighted by atomic mass is 10.0. The first-order valence-electron chi connectivity index (χ1n) is 7.21. The normalized spacial score (nSPS) is 11.4. The van der Waals surface area contributed by atoms with Gasteiger partial charge in [-0.3, -0.25) is 25.2 Å². The summed E-state index contributed by atoms with van der Waals surface area (Å²) in [6.07, 6.45) is 1.61. The van der Waals surface area contributed by atoms with E-state index in [1.807, 2.05) is 30.3 Å². The van der Waals surface area contributed by atoms with Gasteiger partial charge in [0.15, 0.2) is 0 Å². The third kappa shape index (κ3) is 5.24. The molecule has 126 valence electrons. The minimum Gasteiger partial charge on any atom is -0.356 e. The Balaban J connectivity index is 1.93. The van der Waals surface area contributed by atoms with Gasteiger partial charge in [0, 0.05) is 17.6 Å². The van der Waals surface area contributed by atoms with Gasteiger partial charge in [-0.15, -0.1) is 0 Å². The van der Waals surface area contributed by atoms with Crippen LogP contribution in [0.3, 0.4) is 0 Å². The lowest BCUT2D eigenvalue weighted by molar-refractivity contribution is -0.123. The number of aromatic nitrogens is 1. The van der Waals surface area contributed by atoms with Crippen LogP contribution >= 0.6 is 15.9 Å². The molecule has 24 heavy (non-hydrogen) atoms. The van der Waals surface area contributed by atoms with Crippen LogP contribution in [-0.4, -0.2) is 22.7 Å². The lowest BCUT2D eigenvalue weighted by Gasteiger charge is -2.18. The summed E-state index contributed by atoms with van der Waals surface area (Å²) < 4.78 is 0.730. The summed E-state index contributed by atoms with van der Waals surface area (Å²) in [7, 11) is 0. The highest BCUT2D eigenvalue weighted by atomic mass is 79.9. The van der Waals surface area contributed by atoms with Gasteiger partial charge in [-0.2, -0.15) is 0 Å². The molecule has 0 fully saturated rings. The zero-order chi connectivity index (χ0) is 17.5. The van der Waals surface area contributed by atoms with Crippen molar-refractivity contribution >= 4 is 33.7 Å². The Morgan fingerprint density at radius 1 is 1.17 bits per heavy atom. The van der Waals surface area contributed by atoms with Crippen molar-refractivity contribution in [3.63, 3.8) is 0 Å². The predicted molar refractivity (Wildman–Crippen MR) is 91.7 cm³/mol. The van der Waals surface area contributed by atoms with Crippen LogP contribution in [0.4, 0.5) is 0 Å². The number of hydrogen-bond donors (Lipinski definition) is 4. The standard InChI is InChI=1S/C16H17BrN4O3/c1-10(22)19-13(11-5-3-2-4-6-11)8-15(23)20-21-16(24)14-7-12(17)9-18-14/h2-7,9,13,18H,8H2,1H3,(H,19,22)(H,20,23)(H,21,24)/t13-/m1/s1. The zero-order valence-electron chi connectivity index (χ0n) is 12.9. The second-order valence-electron chi connectivity index (χ2n) is 5.10. The number of hydrazine groups is 1. The van der Waals surface area contributed by atoms with Gasteiger partial charge >= 0.3 is 0 Å². The van der Waals surface area contributed by atoms with Crippen molar-refractivity contribution in [1.29, 1.82) is 0 Å². The summed E-state index contributed by atoms with van der Waals surface area (Å²) in [6.45, 7) is 1.39. The quantitative estimate of drug-likeness (QED) is 0.583. The second-order valence-corrected chi connectivity index (χ2v) is 6.02. The number of benzene rings is 1. The van der Waals surface area contributed by atoms with Crippen LogP contribution in [0.25, 0.3) is 0 Å². The fraction of sp³-hybridized carbons (Fsp3) is 0.188. The van der Waals surface area contributed by atoms with E-state index in [1.165, 1.54) is 6.92 Å². The summed E-state index contributed by atoms with van der Waals surface area (Å²) in [4.78, 5) is 38.0. The van der Waals surface area contributed by atoms with E-state index in [-0.39, 0.29) is 12.3 Å². The Bertz CT molecular complexity index is 730. The maximum Gasteiger partial charge on any atom is 0.286 e. The first-order chi connectivity index (χ1) is 11.5. The molecule has 0 saturated heterocycles. The second kappa shape index (κ2) is 8.30. The van der Waals surface area contributed by atoms with Gasteiger partial charge in [-0.05, 0) is 27.6 Å². The zero-order valence-corrected chi connectivity index (χ0v) is 14.5. The average Bonchev–Trinajstić information content (AvgIpc) is 2.99. The van der Waals surface area contributed by atoms with Crippen molar-refractivity contribution in [2.75, 3.05) is 0 Å². The maximum absolute atomic E-state index is 12.1. The topological polar surface area (TPSA) is 103 Å². The van der Waals surface area contributed by atoms with E-state index < -0.39 is 17.9 Å². The summed E-state index contributed by atoms with van der Waals surface area (Å²) >= 11 is 3.22. The molecule has 0 saturated carbocycles. The molecule has 0 unspecified atom stereocenters. The van der Waals surface area contributed by atoms with Gasteiger partial charge in [0.1, 0.15) is 5.69 Å². The SMILES string of the molecule is CC(=O)N[C@H](CC(=O)NNC(=O)c1cc(Br)c[nH]1)c1ccccc1. The van der Waals surface area contributed by atoms with Crippen LogP contribution in [0.2, 0.25) is 0 Å².